The first kappa shape index (κ1) is 14.8. The first-order valence-electron chi connectivity index (χ1n) is 6.75. The molecular weight excluding hydrogens is 274 g/mol. The number of likely N-dealkylation sites (tertiary alicyclic amines) is 1. The van der Waals surface area contributed by atoms with Gasteiger partial charge in [-0.25, -0.2) is 4.79 Å². The second kappa shape index (κ2) is 6.70. The summed E-state index contributed by atoms with van der Waals surface area (Å²) in [6.07, 6.45) is 5.93. The van der Waals surface area contributed by atoms with Gasteiger partial charge in [0.05, 0.1) is 7.11 Å². The first-order chi connectivity index (χ1) is 9.61. The summed E-state index contributed by atoms with van der Waals surface area (Å²) in [5.74, 6) is -0.440. The van der Waals surface area contributed by atoms with E-state index in [0.717, 1.165) is 17.7 Å². The Bertz CT molecular complexity index is 521. The van der Waals surface area contributed by atoms with Gasteiger partial charge < -0.3 is 9.64 Å². The van der Waals surface area contributed by atoms with Crippen molar-refractivity contribution < 1.29 is 14.3 Å². The van der Waals surface area contributed by atoms with Crippen LogP contribution in [0.3, 0.4) is 0 Å². The molecule has 0 bridgehead atoms. The fraction of sp³-hybridized carbons (Fsp3) is 0.467. The molecule has 0 saturated carbocycles. The zero-order chi connectivity index (χ0) is 14.5. The largest absolute Gasteiger partial charge is 0.467 e. The van der Waals surface area contributed by atoms with Crippen molar-refractivity contribution in [2.75, 3.05) is 13.7 Å². The van der Waals surface area contributed by atoms with Gasteiger partial charge in [-0.3, -0.25) is 4.79 Å². The van der Waals surface area contributed by atoms with Crippen molar-refractivity contribution in [1.82, 2.24) is 4.90 Å². The van der Waals surface area contributed by atoms with Crippen LogP contribution >= 0.6 is 11.3 Å². The summed E-state index contributed by atoms with van der Waals surface area (Å²) in [6, 6.07) is 3.57. The van der Waals surface area contributed by atoms with Gasteiger partial charge in [-0.05, 0) is 44.4 Å². The molecule has 0 radical (unpaired) electrons. The number of esters is 1. The average molecular weight is 293 g/mol. The van der Waals surface area contributed by atoms with E-state index in [4.69, 9.17) is 4.74 Å². The quantitative estimate of drug-likeness (QED) is 0.636. The zero-order valence-corrected chi connectivity index (χ0v) is 12.6. The Kier molecular flexibility index (Phi) is 4.95. The lowest BCUT2D eigenvalue weighted by Gasteiger charge is -2.32. The molecule has 108 valence electrons. The first-order valence-corrected chi connectivity index (χ1v) is 7.56. The summed E-state index contributed by atoms with van der Waals surface area (Å²) in [5, 5.41) is 0. The number of hydrogen-bond acceptors (Lipinski definition) is 4. The molecule has 1 aromatic rings. The van der Waals surface area contributed by atoms with Crippen LogP contribution in [-0.4, -0.2) is 36.5 Å². The molecule has 1 atom stereocenters. The molecule has 1 aliphatic heterocycles. The molecule has 1 unspecified atom stereocenters. The fourth-order valence-electron chi connectivity index (χ4n) is 2.37. The average Bonchev–Trinajstić information content (AvgIpc) is 2.89. The van der Waals surface area contributed by atoms with Crippen molar-refractivity contribution in [2.45, 2.75) is 32.2 Å². The lowest BCUT2D eigenvalue weighted by molar-refractivity contribution is -0.153. The summed E-state index contributed by atoms with van der Waals surface area (Å²) in [4.78, 5) is 27.8. The van der Waals surface area contributed by atoms with E-state index in [9.17, 15) is 9.59 Å². The monoisotopic (exact) mass is 293 g/mol. The lowest BCUT2D eigenvalue weighted by atomic mass is 10.0. The highest BCUT2D eigenvalue weighted by Crippen LogP contribution is 2.20. The minimum Gasteiger partial charge on any atom is -0.467 e. The normalized spacial score (nSPS) is 19.3. The van der Waals surface area contributed by atoms with Crippen molar-refractivity contribution in [3.05, 3.63) is 28.0 Å². The number of carbonyl (C=O) groups is 2. The number of aryl methyl sites for hydroxylation is 1. The highest BCUT2D eigenvalue weighted by molar-refractivity contribution is 7.12. The van der Waals surface area contributed by atoms with E-state index in [1.54, 1.807) is 22.3 Å². The molecule has 1 amide bonds. The predicted molar refractivity (Wildman–Crippen MR) is 79.5 cm³/mol. The van der Waals surface area contributed by atoms with Crippen molar-refractivity contribution >= 4 is 29.3 Å². The van der Waals surface area contributed by atoms with Gasteiger partial charge in [0.2, 0.25) is 5.91 Å². The maximum absolute atomic E-state index is 12.2. The second-order valence-corrected chi connectivity index (χ2v) is 6.17. The van der Waals surface area contributed by atoms with Crippen LogP contribution in [0, 0.1) is 6.92 Å². The molecule has 0 N–H and O–H groups in total. The van der Waals surface area contributed by atoms with Crippen molar-refractivity contribution in [3.8, 4) is 0 Å². The Balaban J connectivity index is 2.06. The number of amides is 1. The van der Waals surface area contributed by atoms with Gasteiger partial charge in [-0.15, -0.1) is 11.3 Å². The molecule has 1 saturated heterocycles. The highest BCUT2D eigenvalue weighted by atomic mass is 32.1. The van der Waals surface area contributed by atoms with E-state index in [0.29, 0.717) is 13.0 Å². The minimum atomic E-state index is -0.434. The molecule has 20 heavy (non-hydrogen) atoms. The van der Waals surface area contributed by atoms with Crippen LogP contribution < -0.4 is 0 Å². The zero-order valence-electron chi connectivity index (χ0n) is 11.8. The van der Waals surface area contributed by atoms with Crippen LogP contribution in [0.2, 0.25) is 0 Å². The van der Waals surface area contributed by atoms with Crippen LogP contribution in [0.1, 0.15) is 29.0 Å². The maximum atomic E-state index is 12.2. The fourth-order valence-corrected chi connectivity index (χ4v) is 3.15. The summed E-state index contributed by atoms with van der Waals surface area (Å²) < 4.78 is 4.78. The maximum Gasteiger partial charge on any atom is 0.328 e. The van der Waals surface area contributed by atoms with E-state index in [1.165, 1.54) is 12.0 Å². The number of piperidine rings is 1. The molecule has 2 rings (SSSR count). The van der Waals surface area contributed by atoms with Crippen LogP contribution in [0.25, 0.3) is 6.08 Å². The molecule has 4 nitrogen and oxygen atoms in total. The minimum absolute atomic E-state index is 0.119. The number of rotatable bonds is 3. The molecular formula is C15H19NO3S. The second-order valence-electron chi connectivity index (χ2n) is 4.85. The molecule has 5 heteroatoms. The van der Waals surface area contributed by atoms with E-state index < -0.39 is 6.04 Å². The molecule has 0 aliphatic carbocycles. The van der Waals surface area contributed by atoms with Gasteiger partial charge in [-0.1, -0.05) is 0 Å². The molecule has 0 spiro atoms. The third kappa shape index (κ3) is 3.48. The molecule has 1 aromatic heterocycles. The summed E-state index contributed by atoms with van der Waals surface area (Å²) in [5.41, 5.74) is 0. The lowest BCUT2D eigenvalue weighted by Crippen LogP contribution is -2.47. The Morgan fingerprint density at radius 2 is 2.20 bits per heavy atom. The number of methoxy groups -OCH3 is 1. The standard InChI is InChI=1S/C15H19NO3S/c1-11-6-7-12(20-11)8-9-14(17)16-10-4-3-5-13(16)15(18)19-2/h6-9,13H,3-5,10H2,1-2H3. The van der Waals surface area contributed by atoms with E-state index >= 15 is 0 Å². The van der Waals surface area contributed by atoms with Crippen LogP contribution in [0.5, 0.6) is 0 Å². The summed E-state index contributed by atoms with van der Waals surface area (Å²) >= 11 is 1.64. The predicted octanol–water partition coefficient (Wildman–Crippen LogP) is 2.62. The van der Waals surface area contributed by atoms with Gasteiger partial charge in [0.1, 0.15) is 6.04 Å². The molecule has 1 aliphatic rings. The Morgan fingerprint density at radius 1 is 1.40 bits per heavy atom. The van der Waals surface area contributed by atoms with Gasteiger partial charge in [0.25, 0.3) is 0 Å². The number of nitrogens with zero attached hydrogens (tertiary/aromatic N) is 1. The third-order valence-electron chi connectivity index (χ3n) is 3.41. The van der Waals surface area contributed by atoms with Crippen LogP contribution in [-0.2, 0) is 14.3 Å². The van der Waals surface area contributed by atoms with Crippen molar-refractivity contribution in [1.29, 1.82) is 0 Å². The topological polar surface area (TPSA) is 46.6 Å². The van der Waals surface area contributed by atoms with E-state index in [2.05, 4.69) is 0 Å². The SMILES string of the molecule is COC(=O)C1CCCCN1C(=O)C=Cc1ccc(C)s1. The van der Waals surface area contributed by atoms with Gasteiger partial charge in [-0.2, -0.15) is 0 Å². The Labute approximate surface area is 123 Å². The Hall–Kier alpha value is -1.62. The smallest absolute Gasteiger partial charge is 0.328 e. The molecule has 1 fully saturated rings. The Morgan fingerprint density at radius 3 is 2.85 bits per heavy atom. The number of thiophene rings is 1. The molecule has 2 heterocycles. The van der Waals surface area contributed by atoms with Crippen LogP contribution in [0.15, 0.2) is 18.2 Å². The molecule has 0 aromatic carbocycles. The summed E-state index contributed by atoms with van der Waals surface area (Å²) in [7, 11) is 1.36. The highest BCUT2D eigenvalue weighted by Gasteiger charge is 2.31. The van der Waals surface area contributed by atoms with Crippen molar-refractivity contribution in [2.24, 2.45) is 0 Å². The number of hydrogen-bond donors (Lipinski definition) is 0. The number of carbonyl (C=O) groups excluding carboxylic acids is 2. The van der Waals surface area contributed by atoms with Crippen molar-refractivity contribution in [3.63, 3.8) is 0 Å². The summed E-state index contributed by atoms with van der Waals surface area (Å²) in [6.45, 7) is 2.65. The van der Waals surface area contributed by atoms with Gasteiger partial charge >= 0.3 is 5.97 Å². The van der Waals surface area contributed by atoms with E-state index in [1.807, 2.05) is 25.1 Å². The van der Waals surface area contributed by atoms with E-state index in [-0.39, 0.29) is 11.9 Å². The third-order valence-corrected chi connectivity index (χ3v) is 4.38. The number of ether oxygens (including phenoxy) is 1. The van der Waals surface area contributed by atoms with Gasteiger partial charge in [0.15, 0.2) is 0 Å². The van der Waals surface area contributed by atoms with Gasteiger partial charge in [0, 0.05) is 22.4 Å². The van der Waals surface area contributed by atoms with Crippen LogP contribution in [0.4, 0.5) is 0 Å².